The van der Waals surface area contributed by atoms with E-state index in [1.807, 2.05) is 0 Å². The number of benzene rings is 1. The Morgan fingerprint density at radius 1 is 1.24 bits per heavy atom. The molecule has 7 heteroatoms. The lowest BCUT2D eigenvalue weighted by Gasteiger charge is -2.23. The quantitative estimate of drug-likeness (QED) is 0.854. The van der Waals surface area contributed by atoms with E-state index in [1.165, 1.54) is 17.4 Å². The number of anilines is 1. The average Bonchev–Trinajstić information content (AvgIpc) is 2.93. The highest BCUT2D eigenvalue weighted by Crippen LogP contribution is 2.30. The Hall–Kier alpha value is -2.31. The third-order valence-corrected chi connectivity index (χ3v) is 3.58. The number of nitrogens with zero attached hydrogens (tertiary/aromatic N) is 3. The summed E-state index contributed by atoms with van der Waals surface area (Å²) in [5, 5.41) is 7.38. The molecule has 1 unspecified atom stereocenters. The lowest BCUT2D eigenvalue weighted by atomic mass is 10.0. The summed E-state index contributed by atoms with van der Waals surface area (Å²) in [6.45, 7) is 0.453. The van der Waals surface area contributed by atoms with E-state index < -0.39 is 17.6 Å². The van der Waals surface area contributed by atoms with Crippen molar-refractivity contribution in [3.8, 4) is 0 Å². The fraction of sp³-hybridized carbons (Fsp3) is 0.357. The van der Waals surface area contributed by atoms with Crippen molar-refractivity contribution in [1.29, 1.82) is 0 Å². The van der Waals surface area contributed by atoms with Crippen LogP contribution in [-0.2, 0) is 4.79 Å². The van der Waals surface area contributed by atoms with Crippen LogP contribution in [0, 0.1) is 11.6 Å². The van der Waals surface area contributed by atoms with Crippen LogP contribution in [0.15, 0.2) is 29.0 Å². The molecule has 2 heterocycles. The monoisotopic (exact) mass is 293 g/mol. The zero-order chi connectivity index (χ0) is 14.8. The van der Waals surface area contributed by atoms with Gasteiger partial charge in [-0.15, -0.1) is 10.2 Å². The molecule has 5 nitrogen and oxygen atoms in total. The largest absolute Gasteiger partial charge is 0.427 e. The molecule has 0 aliphatic carbocycles. The van der Waals surface area contributed by atoms with Gasteiger partial charge in [-0.05, 0) is 25.0 Å². The van der Waals surface area contributed by atoms with Gasteiger partial charge in [0.1, 0.15) is 5.92 Å². The molecule has 2 aromatic rings. The molecular weight excluding hydrogens is 280 g/mol. The highest BCUT2D eigenvalue weighted by Gasteiger charge is 2.32. The maximum Gasteiger partial charge on any atom is 0.239 e. The molecule has 0 saturated carbocycles. The second-order valence-electron chi connectivity index (χ2n) is 4.91. The number of hydrogen-bond acceptors (Lipinski definition) is 4. The van der Waals surface area contributed by atoms with Crippen molar-refractivity contribution >= 4 is 11.6 Å². The van der Waals surface area contributed by atoms with Gasteiger partial charge in [-0.3, -0.25) is 4.79 Å². The van der Waals surface area contributed by atoms with E-state index in [2.05, 4.69) is 10.2 Å². The molecule has 0 spiro atoms. The van der Waals surface area contributed by atoms with Gasteiger partial charge in [0.2, 0.25) is 18.2 Å². The second kappa shape index (κ2) is 5.59. The van der Waals surface area contributed by atoms with Crippen LogP contribution in [0.25, 0.3) is 0 Å². The Kier molecular flexibility index (Phi) is 3.64. The Labute approximate surface area is 119 Å². The van der Waals surface area contributed by atoms with E-state index in [0.29, 0.717) is 18.7 Å². The van der Waals surface area contributed by atoms with Crippen LogP contribution in [0.2, 0.25) is 0 Å². The highest BCUT2D eigenvalue weighted by molar-refractivity contribution is 5.97. The van der Waals surface area contributed by atoms with E-state index in [4.69, 9.17) is 4.42 Å². The first kappa shape index (κ1) is 13.7. The number of carbonyl (C=O) groups excluding carboxylic acids is 1. The Bertz CT molecular complexity index is 646. The molecule has 1 fully saturated rings. The molecular formula is C14H13F2N3O2. The molecule has 1 aromatic carbocycles. The predicted octanol–water partition coefficient (Wildman–Crippen LogP) is 2.65. The second-order valence-corrected chi connectivity index (χ2v) is 4.91. The number of hydrogen-bond donors (Lipinski definition) is 0. The van der Waals surface area contributed by atoms with Gasteiger partial charge < -0.3 is 9.32 Å². The summed E-state index contributed by atoms with van der Waals surface area (Å²) in [5.74, 6) is -2.42. The smallest absolute Gasteiger partial charge is 0.239 e. The van der Waals surface area contributed by atoms with Gasteiger partial charge in [0.25, 0.3) is 0 Å². The number of halogens is 2. The minimum atomic E-state index is -0.973. The molecule has 1 aliphatic heterocycles. The van der Waals surface area contributed by atoms with E-state index >= 15 is 0 Å². The van der Waals surface area contributed by atoms with Gasteiger partial charge in [0.15, 0.2) is 11.6 Å². The fourth-order valence-electron chi connectivity index (χ4n) is 2.51. The van der Waals surface area contributed by atoms with Crippen LogP contribution >= 0.6 is 0 Å². The third-order valence-electron chi connectivity index (χ3n) is 3.58. The van der Waals surface area contributed by atoms with Crippen molar-refractivity contribution < 1.29 is 18.0 Å². The van der Waals surface area contributed by atoms with Gasteiger partial charge in [-0.1, -0.05) is 6.42 Å². The van der Waals surface area contributed by atoms with Gasteiger partial charge in [0.05, 0.1) is 0 Å². The van der Waals surface area contributed by atoms with E-state index in [0.717, 1.165) is 25.0 Å². The molecule has 1 amide bonds. The van der Waals surface area contributed by atoms with Crippen molar-refractivity contribution in [2.24, 2.45) is 0 Å². The lowest BCUT2D eigenvalue weighted by Crippen LogP contribution is -2.34. The van der Waals surface area contributed by atoms with Crippen molar-refractivity contribution in [2.75, 3.05) is 11.4 Å². The summed E-state index contributed by atoms with van der Waals surface area (Å²) >= 11 is 0. The summed E-state index contributed by atoms with van der Waals surface area (Å²) < 4.78 is 31.5. The highest BCUT2D eigenvalue weighted by atomic mass is 19.2. The average molecular weight is 293 g/mol. The first-order chi connectivity index (χ1) is 10.2. The van der Waals surface area contributed by atoms with E-state index in [1.54, 1.807) is 0 Å². The maximum absolute atomic E-state index is 13.4. The summed E-state index contributed by atoms with van der Waals surface area (Å²) in [4.78, 5) is 14.1. The minimum absolute atomic E-state index is 0.234. The summed E-state index contributed by atoms with van der Waals surface area (Å²) in [6.07, 6.45) is 3.37. The zero-order valence-electron chi connectivity index (χ0n) is 11.1. The number of carbonyl (C=O) groups is 1. The molecule has 0 N–H and O–H groups in total. The van der Waals surface area contributed by atoms with Gasteiger partial charge in [-0.25, -0.2) is 8.78 Å². The molecule has 0 radical (unpaired) electrons. The van der Waals surface area contributed by atoms with Gasteiger partial charge >= 0.3 is 0 Å². The van der Waals surface area contributed by atoms with Crippen molar-refractivity contribution in [3.05, 3.63) is 42.1 Å². The van der Waals surface area contributed by atoms with Crippen LogP contribution in [-0.4, -0.2) is 22.6 Å². The standard InChI is InChI=1S/C14H13F2N3O2/c15-11-5-4-9(7-12(11)16)19-6-2-1-3-10(14(19)20)13-18-17-8-21-13/h4-5,7-8,10H,1-3,6H2. The molecule has 1 aliphatic rings. The Morgan fingerprint density at radius 3 is 2.81 bits per heavy atom. The predicted molar refractivity (Wildman–Crippen MR) is 69.6 cm³/mol. The van der Waals surface area contributed by atoms with E-state index in [9.17, 15) is 13.6 Å². The normalized spacial score (nSPS) is 19.6. The third kappa shape index (κ3) is 2.63. The summed E-state index contributed by atoms with van der Waals surface area (Å²) in [6, 6.07) is 3.44. The van der Waals surface area contributed by atoms with Crippen LogP contribution in [0.4, 0.5) is 14.5 Å². The first-order valence-corrected chi connectivity index (χ1v) is 6.69. The SMILES string of the molecule is O=C1C(c2nnco2)CCCCN1c1ccc(F)c(F)c1. The molecule has 1 saturated heterocycles. The van der Waals surface area contributed by atoms with Crippen molar-refractivity contribution in [1.82, 2.24) is 10.2 Å². The topological polar surface area (TPSA) is 59.2 Å². The van der Waals surface area contributed by atoms with Crippen LogP contribution < -0.4 is 4.90 Å². The Morgan fingerprint density at radius 2 is 2.10 bits per heavy atom. The van der Waals surface area contributed by atoms with Gasteiger partial charge in [-0.2, -0.15) is 0 Å². The minimum Gasteiger partial charge on any atom is -0.427 e. The molecule has 110 valence electrons. The van der Waals surface area contributed by atoms with E-state index in [-0.39, 0.29) is 11.8 Å². The van der Waals surface area contributed by atoms with Crippen LogP contribution in [0.1, 0.15) is 31.1 Å². The summed E-state index contributed by atoms with van der Waals surface area (Å²) in [5.41, 5.74) is 0.338. The molecule has 1 atom stereocenters. The number of aromatic nitrogens is 2. The molecule has 0 bridgehead atoms. The number of rotatable bonds is 2. The maximum atomic E-state index is 13.4. The molecule has 1 aromatic heterocycles. The van der Waals surface area contributed by atoms with Crippen molar-refractivity contribution in [2.45, 2.75) is 25.2 Å². The summed E-state index contributed by atoms with van der Waals surface area (Å²) in [7, 11) is 0. The molecule has 3 rings (SSSR count). The zero-order valence-corrected chi connectivity index (χ0v) is 11.1. The van der Waals surface area contributed by atoms with Crippen molar-refractivity contribution in [3.63, 3.8) is 0 Å². The first-order valence-electron chi connectivity index (χ1n) is 6.69. The fourth-order valence-corrected chi connectivity index (χ4v) is 2.51. The van der Waals surface area contributed by atoms with Gasteiger partial charge in [0, 0.05) is 18.3 Å². The lowest BCUT2D eigenvalue weighted by molar-refractivity contribution is -0.120. The van der Waals surface area contributed by atoms with Crippen LogP contribution in [0.3, 0.4) is 0 Å². The number of amides is 1. The molecule has 21 heavy (non-hydrogen) atoms. The van der Waals surface area contributed by atoms with Crippen LogP contribution in [0.5, 0.6) is 0 Å². The Balaban J connectivity index is 1.93.